The number of aromatic nitrogens is 1. The largest absolute Gasteiger partial charge is 0.417 e. The minimum atomic E-state index is -0.822. The van der Waals surface area contributed by atoms with Gasteiger partial charge in [0.25, 0.3) is 0 Å². The second kappa shape index (κ2) is 7.50. The monoisotopic (exact) mass is 407 g/mol. The number of β-amino-alcohol motifs (C(OH)–C–C–N with tert-alkyl or cyclic N) is 1. The van der Waals surface area contributed by atoms with E-state index in [2.05, 4.69) is 21.3 Å². The summed E-state index contributed by atoms with van der Waals surface area (Å²) in [6.07, 6.45) is 1.52. The van der Waals surface area contributed by atoms with Crippen molar-refractivity contribution in [1.82, 2.24) is 15.2 Å². The van der Waals surface area contributed by atoms with Gasteiger partial charge in [-0.1, -0.05) is 30.3 Å². The number of oxazole rings is 1. The fraction of sp³-hybridized carbons (Fsp3) is 0.391. The molecule has 7 nitrogen and oxygen atoms in total. The number of aromatic amines is 1. The van der Waals surface area contributed by atoms with Crippen LogP contribution in [0.1, 0.15) is 23.1 Å². The Kier molecular flexibility index (Phi) is 4.81. The van der Waals surface area contributed by atoms with Gasteiger partial charge in [-0.05, 0) is 41.7 Å². The smallest absolute Gasteiger partial charge is 0.408 e. The van der Waals surface area contributed by atoms with Gasteiger partial charge < -0.3 is 9.52 Å². The van der Waals surface area contributed by atoms with Crippen LogP contribution in [0.4, 0.5) is 0 Å². The van der Waals surface area contributed by atoms with Crippen molar-refractivity contribution in [3.05, 3.63) is 69.7 Å². The molecule has 3 N–H and O–H groups in total. The number of rotatable bonds is 5. The maximum Gasteiger partial charge on any atom is 0.417 e. The van der Waals surface area contributed by atoms with Crippen LogP contribution in [-0.2, 0) is 23.2 Å². The highest BCUT2D eigenvalue weighted by Crippen LogP contribution is 2.33. The van der Waals surface area contributed by atoms with Crippen LogP contribution >= 0.6 is 0 Å². The first-order valence-corrected chi connectivity index (χ1v) is 10.4. The normalized spacial score (nSPS) is 24.2. The zero-order valence-electron chi connectivity index (χ0n) is 16.7. The standard InChI is InChI=1S/C23H25N3O4/c27-17-8-10-26(13-17)14-23(18-4-2-1-3-16(18)7-9-24-23)21(28)12-15-5-6-20-19(11-15)25-22(29)30-20/h1-6,11,17,24,27H,7-10,12-14H2,(H,25,29)/t17-,23?/m0/s1. The van der Waals surface area contributed by atoms with Crippen molar-refractivity contribution in [3.8, 4) is 0 Å². The third-order valence-corrected chi connectivity index (χ3v) is 6.33. The molecule has 0 radical (unpaired) electrons. The van der Waals surface area contributed by atoms with Crippen LogP contribution in [0.15, 0.2) is 51.7 Å². The Morgan fingerprint density at radius 3 is 2.97 bits per heavy atom. The highest BCUT2D eigenvalue weighted by Gasteiger charge is 2.44. The molecule has 3 aromatic rings. The average Bonchev–Trinajstić information content (AvgIpc) is 3.31. The van der Waals surface area contributed by atoms with Crippen LogP contribution < -0.4 is 11.1 Å². The van der Waals surface area contributed by atoms with Gasteiger partial charge in [0.05, 0.1) is 11.6 Å². The van der Waals surface area contributed by atoms with Crippen LogP contribution in [0.3, 0.4) is 0 Å². The summed E-state index contributed by atoms with van der Waals surface area (Å²) >= 11 is 0. The molecule has 2 atom stereocenters. The van der Waals surface area contributed by atoms with E-state index in [0.29, 0.717) is 24.2 Å². The van der Waals surface area contributed by atoms with Crippen LogP contribution in [0, 0.1) is 0 Å². The zero-order valence-corrected chi connectivity index (χ0v) is 16.7. The molecule has 156 valence electrons. The molecule has 1 aromatic heterocycles. The Balaban J connectivity index is 1.51. The average molecular weight is 407 g/mol. The lowest BCUT2D eigenvalue weighted by Crippen LogP contribution is -2.59. The summed E-state index contributed by atoms with van der Waals surface area (Å²) in [5.74, 6) is -0.415. The molecule has 3 heterocycles. The van der Waals surface area contributed by atoms with Gasteiger partial charge in [0.1, 0.15) is 5.54 Å². The van der Waals surface area contributed by atoms with Crippen molar-refractivity contribution >= 4 is 16.9 Å². The van der Waals surface area contributed by atoms with Crippen molar-refractivity contribution in [2.24, 2.45) is 0 Å². The van der Waals surface area contributed by atoms with Gasteiger partial charge in [-0.3, -0.25) is 20.0 Å². The number of hydrogen-bond acceptors (Lipinski definition) is 6. The lowest BCUT2D eigenvalue weighted by atomic mass is 9.77. The first kappa shape index (κ1) is 19.2. The summed E-state index contributed by atoms with van der Waals surface area (Å²) in [6, 6.07) is 13.5. The summed E-state index contributed by atoms with van der Waals surface area (Å²) in [6.45, 7) is 2.63. The maximum absolute atomic E-state index is 13.8. The number of carbonyl (C=O) groups is 1. The highest BCUT2D eigenvalue weighted by atomic mass is 16.4. The number of nitrogens with zero attached hydrogens (tertiary/aromatic N) is 1. The molecule has 0 saturated carbocycles. The summed E-state index contributed by atoms with van der Waals surface area (Å²) < 4.78 is 5.07. The zero-order chi connectivity index (χ0) is 20.7. The molecule has 5 rings (SSSR count). The Hall–Kier alpha value is -2.74. The molecule has 2 aromatic carbocycles. The third-order valence-electron chi connectivity index (χ3n) is 6.33. The van der Waals surface area contributed by atoms with Crippen molar-refractivity contribution in [2.75, 3.05) is 26.2 Å². The number of H-pyrrole nitrogens is 1. The number of benzene rings is 2. The van der Waals surface area contributed by atoms with Gasteiger partial charge in [0.2, 0.25) is 0 Å². The number of ketones is 1. The van der Waals surface area contributed by atoms with Gasteiger partial charge in [-0.15, -0.1) is 0 Å². The summed E-state index contributed by atoms with van der Waals surface area (Å²) in [7, 11) is 0. The van der Waals surface area contributed by atoms with Gasteiger partial charge in [0, 0.05) is 32.6 Å². The van der Waals surface area contributed by atoms with E-state index in [0.717, 1.165) is 37.1 Å². The number of Topliss-reactive ketones (excluding diaryl/α,β-unsaturated/α-hetero) is 1. The number of hydrogen-bond donors (Lipinski definition) is 3. The third kappa shape index (κ3) is 3.39. The Labute approximate surface area is 173 Å². The SMILES string of the molecule is O=C(Cc1ccc2oc(=O)[nH]c2c1)C1(CN2CC[C@H](O)C2)NCCc2ccccc21. The lowest BCUT2D eigenvalue weighted by Gasteiger charge is -2.41. The molecular weight excluding hydrogens is 382 g/mol. The van der Waals surface area contributed by atoms with Gasteiger partial charge in [-0.2, -0.15) is 0 Å². The molecule has 0 amide bonds. The first-order chi connectivity index (χ1) is 14.5. The van der Waals surface area contributed by atoms with Crippen LogP contribution in [0.25, 0.3) is 11.1 Å². The highest BCUT2D eigenvalue weighted by molar-refractivity contribution is 5.93. The molecule has 2 aliphatic heterocycles. The Bertz CT molecular complexity index is 1150. The quantitative estimate of drug-likeness (QED) is 0.591. The molecule has 1 fully saturated rings. The Morgan fingerprint density at radius 2 is 2.13 bits per heavy atom. The predicted octanol–water partition coefficient (Wildman–Crippen LogP) is 1.34. The second-order valence-corrected chi connectivity index (χ2v) is 8.36. The molecule has 0 bridgehead atoms. The van der Waals surface area contributed by atoms with E-state index in [1.807, 2.05) is 24.3 Å². The van der Waals surface area contributed by atoms with Crippen LogP contribution in [0.2, 0.25) is 0 Å². The van der Waals surface area contributed by atoms with E-state index in [1.54, 1.807) is 12.1 Å². The summed E-state index contributed by atoms with van der Waals surface area (Å²) in [5, 5.41) is 13.5. The van der Waals surface area contributed by atoms with E-state index in [1.165, 1.54) is 5.56 Å². The Morgan fingerprint density at radius 1 is 1.27 bits per heavy atom. The van der Waals surface area contributed by atoms with E-state index in [9.17, 15) is 14.7 Å². The minimum absolute atomic E-state index is 0.0845. The van der Waals surface area contributed by atoms with Crippen molar-refractivity contribution in [3.63, 3.8) is 0 Å². The molecule has 2 aliphatic rings. The van der Waals surface area contributed by atoms with E-state index >= 15 is 0 Å². The van der Waals surface area contributed by atoms with Crippen molar-refractivity contribution in [2.45, 2.75) is 30.9 Å². The number of aliphatic hydroxyl groups is 1. The first-order valence-electron chi connectivity index (χ1n) is 10.4. The van der Waals surface area contributed by atoms with Crippen molar-refractivity contribution in [1.29, 1.82) is 0 Å². The predicted molar refractivity (Wildman–Crippen MR) is 112 cm³/mol. The van der Waals surface area contributed by atoms with E-state index < -0.39 is 11.3 Å². The number of nitrogens with one attached hydrogen (secondary N) is 2. The van der Waals surface area contributed by atoms with E-state index in [4.69, 9.17) is 4.42 Å². The molecule has 1 unspecified atom stereocenters. The second-order valence-electron chi connectivity index (χ2n) is 8.36. The molecule has 1 saturated heterocycles. The minimum Gasteiger partial charge on any atom is -0.408 e. The molecule has 30 heavy (non-hydrogen) atoms. The summed E-state index contributed by atoms with van der Waals surface area (Å²) in [5.41, 5.74) is 3.31. The maximum atomic E-state index is 13.8. The fourth-order valence-electron chi connectivity index (χ4n) is 4.88. The van der Waals surface area contributed by atoms with Gasteiger partial charge in [0.15, 0.2) is 11.4 Å². The summed E-state index contributed by atoms with van der Waals surface area (Å²) in [4.78, 5) is 30.1. The number of aliphatic hydroxyl groups excluding tert-OH is 1. The van der Waals surface area contributed by atoms with Crippen molar-refractivity contribution < 1.29 is 14.3 Å². The lowest BCUT2D eigenvalue weighted by molar-refractivity contribution is -0.126. The van der Waals surface area contributed by atoms with Gasteiger partial charge in [-0.25, -0.2) is 4.79 Å². The topological polar surface area (TPSA) is 98.6 Å². The van der Waals surface area contributed by atoms with E-state index in [-0.39, 0.29) is 18.3 Å². The number of likely N-dealkylation sites (tertiary alicyclic amines) is 1. The fourth-order valence-corrected chi connectivity index (χ4v) is 4.88. The number of fused-ring (bicyclic) bond motifs is 2. The molecule has 7 heteroatoms. The molecular formula is C23H25N3O4. The van der Waals surface area contributed by atoms with Gasteiger partial charge >= 0.3 is 5.76 Å². The van der Waals surface area contributed by atoms with Crippen LogP contribution in [0.5, 0.6) is 0 Å². The molecule has 0 spiro atoms. The molecule has 0 aliphatic carbocycles. The number of carbonyl (C=O) groups excluding carboxylic acids is 1. The van der Waals surface area contributed by atoms with Crippen LogP contribution in [-0.4, -0.2) is 53.1 Å².